The minimum Gasteiger partial charge on any atom is -0.460 e. The third-order valence-corrected chi connectivity index (χ3v) is 4.83. The van der Waals surface area contributed by atoms with Gasteiger partial charge in [0.2, 0.25) is 0 Å². The summed E-state index contributed by atoms with van der Waals surface area (Å²) >= 11 is 0. The molecule has 0 bridgehead atoms. The molecule has 0 amide bonds. The van der Waals surface area contributed by atoms with Crippen LogP contribution in [0.1, 0.15) is 35.6 Å². The van der Waals surface area contributed by atoms with Crippen LogP contribution in [0.2, 0.25) is 0 Å². The SMILES string of the molecule is Cc1cccc(C2=C3Oc4ccc(C)cc4C3(C)CC=C2)c1. The molecular formula is C21H20O. The molecule has 2 aliphatic rings. The summed E-state index contributed by atoms with van der Waals surface area (Å²) in [7, 11) is 0. The first-order valence-corrected chi connectivity index (χ1v) is 7.85. The van der Waals surface area contributed by atoms with Crippen molar-refractivity contribution in [3.8, 4) is 5.75 Å². The number of rotatable bonds is 1. The van der Waals surface area contributed by atoms with Crippen molar-refractivity contribution in [3.05, 3.63) is 82.6 Å². The van der Waals surface area contributed by atoms with Crippen molar-refractivity contribution in [1.82, 2.24) is 0 Å². The first-order valence-electron chi connectivity index (χ1n) is 7.85. The van der Waals surface area contributed by atoms with Gasteiger partial charge in [-0.1, -0.05) is 59.7 Å². The molecule has 1 unspecified atom stereocenters. The number of hydrogen-bond acceptors (Lipinski definition) is 1. The average molecular weight is 288 g/mol. The lowest BCUT2D eigenvalue weighted by Gasteiger charge is -2.28. The van der Waals surface area contributed by atoms with Gasteiger partial charge in [0.1, 0.15) is 11.5 Å². The van der Waals surface area contributed by atoms with E-state index in [2.05, 4.69) is 75.4 Å². The summed E-state index contributed by atoms with van der Waals surface area (Å²) in [6.07, 6.45) is 5.49. The zero-order valence-electron chi connectivity index (χ0n) is 13.3. The Balaban J connectivity index is 1.93. The molecule has 0 fully saturated rings. The van der Waals surface area contributed by atoms with Crippen molar-refractivity contribution < 1.29 is 4.74 Å². The maximum Gasteiger partial charge on any atom is 0.131 e. The van der Waals surface area contributed by atoms with Crippen molar-refractivity contribution in [2.45, 2.75) is 32.6 Å². The lowest BCUT2D eigenvalue weighted by Crippen LogP contribution is -2.24. The van der Waals surface area contributed by atoms with E-state index in [9.17, 15) is 0 Å². The second-order valence-corrected chi connectivity index (χ2v) is 6.65. The highest BCUT2D eigenvalue weighted by atomic mass is 16.5. The summed E-state index contributed by atoms with van der Waals surface area (Å²) in [6, 6.07) is 15.2. The number of aryl methyl sites for hydroxylation is 2. The van der Waals surface area contributed by atoms with Gasteiger partial charge in [-0.05, 0) is 38.8 Å². The standard InChI is InChI=1S/C21H20O/c1-14-6-4-7-16(12-14)17-8-5-11-21(3)18-13-15(2)9-10-19(18)22-20(17)21/h4-10,12-13H,11H2,1-3H3. The molecule has 2 aromatic rings. The van der Waals surface area contributed by atoms with Crippen molar-refractivity contribution in [2.24, 2.45) is 0 Å². The third-order valence-electron chi connectivity index (χ3n) is 4.83. The third kappa shape index (κ3) is 1.85. The van der Waals surface area contributed by atoms with E-state index in [-0.39, 0.29) is 5.41 Å². The van der Waals surface area contributed by atoms with Crippen LogP contribution in [0.4, 0.5) is 0 Å². The van der Waals surface area contributed by atoms with Crippen molar-refractivity contribution in [1.29, 1.82) is 0 Å². The molecule has 2 aromatic carbocycles. The minimum absolute atomic E-state index is 0.0464. The molecule has 0 radical (unpaired) electrons. The van der Waals surface area contributed by atoms with Gasteiger partial charge < -0.3 is 4.74 Å². The molecule has 1 atom stereocenters. The number of hydrogen-bond donors (Lipinski definition) is 0. The number of allylic oxidation sites excluding steroid dienone is 4. The molecule has 1 aliphatic carbocycles. The average Bonchev–Trinajstić information content (AvgIpc) is 2.79. The monoisotopic (exact) mass is 288 g/mol. The highest BCUT2D eigenvalue weighted by Crippen LogP contribution is 2.52. The van der Waals surface area contributed by atoms with E-state index < -0.39 is 0 Å². The van der Waals surface area contributed by atoms with Crippen LogP contribution in [0.3, 0.4) is 0 Å². The van der Waals surface area contributed by atoms with Crippen molar-refractivity contribution in [3.63, 3.8) is 0 Å². The van der Waals surface area contributed by atoms with E-state index in [0.717, 1.165) is 17.9 Å². The van der Waals surface area contributed by atoms with Gasteiger partial charge in [0.05, 0.1) is 5.41 Å². The quantitative estimate of drug-likeness (QED) is 0.689. The van der Waals surface area contributed by atoms with E-state index in [1.165, 1.54) is 27.8 Å². The molecule has 22 heavy (non-hydrogen) atoms. The molecular weight excluding hydrogens is 268 g/mol. The Bertz CT molecular complexity index is 826. The Morgan fingerprint density at radius 3 is 2.64 bits per heavy atom. The van der Waals surface area contributed by atoms with Crippen molar-refractivity contribution >= 4 is 5.57 Å². The fourth-order valence-corrected chi connectivity index (χ4v) is 3.59. The summed E-state index contributed by atoms with van der Waals surface area (Å²) in [5, 5.41) is 0. The molecule has 1 heterocycles. The van der Waals surface area contributed by atoms with Gasteiger partial charge in [0.15, 0.2) is 0 Å². The Morgan fingerprint density at radius 1 is 1.00 bits per heavy atom. The summed E-state index contributed by atoms with van der Waals surface area (Å²) in [4.78, 5) is 0. The van der Waals surface area contributed by atoms with Gasteiger partial charge in [0.25, 0.3) is 0 Å². The summed E-state index contributed by atoms with van der Waals surface area (Å²) in [5.74, 6) is 2.11. The number of fused-ring (bicyclic) bond motifs is 3. The van der Waals surface area contributed by atoms with Gasteiger partial charge in [0, 0.05) is 11.1 Å². The largest absolute Gasteiger partial charge is 0.460 e. The lowest BCUT2D eigenvalue weighted by molar-refractivity contribution is 0.381. The number of ether oxygens (including phenoxy) is 1. The number of benzene rings is 2. The van der Waals surface area contributed by atoms with Crippen LogP contribution in [0, 0.1) is 13.8 Å². The van der Waals surface area contributed by atoms with Crippen LogP contribution in [0.25, 0.3) is 5.57 Å². The highest BCUT2D eigenvalue weighted by molar-refractivity contribution is 5.81. The first kappa shape index (κ1) is 13.4. The topological polar surface area (TPSA) is 9.23 Å². The minimum atomic E-state index is -0.0464. The second-order valence-electron chi connectivity index (χ2n) is 6.65. The Labute approximate surface area is 131 Å². The molecule has 1 nitrogen and oxygen atoms in total. The predicted molar refractivity (Wildman–Crippen MR) is 91.0 cm³/mol. The van der Waals surface area contributed by atoms with E-state index in [1.54, 1.807) is 0 Å². The Kier molecular flexibility index (Phi) is 2.80. The van der Waals surface area contributed by atoms with Gasteiger partial charge in [-0.25, -0.2) is 0 Å². The molecule has 1 aliphatic heterocycles. The fourth-order valence-electron chi connectivity index (χ4n) is 3.59. The molecule has 1 heteroatoms. The molecule has 0 aromatic heterocycles. The van der Waals surface area contributed by atoms with Gasteiger partial charge in [-0.15, -0.1) is 0 Å². The van der Waals surface area contributed by atoms with E-state index in [1.807, 2.05) is 0 Å². The summed E-state index contributed by atoms with van der Waals surface area (Å²) in [6.45, 7) is 6.58. The van der Waals surface area contributed by atoms with Gasteiger partial charge in [-0.2, -0.15) is 0 Å². The smallest absolute Gasteiger partial charge is 0.131 e. The predicted octanol–water partition coefficient (Wildman–Crippen LogP) is 5.32. The highest BCUT2D eigenvalue weighted by Gasteiger charge is 2.43. The zero-order chi connectivity index (χ0) is 15.3. The maximum atomic E-state index is 6.30. The molecule has 110 valence electrons. The van der Waals surface area contributed by atoms with Crippen molar-refractivity contribution in [2.75, 3.05) is 0 Å². The summed E-state index contributed by atoms with van der Waals surface area (Å²) in [5.41, 5.74) is 6.29. The Morgan fingerprint density at radius 2 is 1.82 bits per heavy atom. The van der Waals surface area contributed by atoms with Crippen LogP contribution in [0.5, 0.6) is 5.75 Å². The summed E-state index contributed by atoms with van der Waals surface area (Å²) < 4.78 is 6.30. The Hall–Kier alpha value is -2.28. The van der Waals surface area contributed by atoms with Crippen LogP contribution < -0.4 is 4.74 Å². The van der Waals surface area contributed by atoms with Crippen LogP contribution in [-0.4, -0.2) is 0 Å². The first-order chi connectivity index (χ1) is 10.6. The van der Waals surface area contributed by atoms with Crippen LogP contribution >= 0.6 is 0 Å². The second kappa shape index (κ2) is 4.61. The molecule has 4 rings (SSSR count). The van der Waals surface area contributed by atoms with Gasteiger partial charge >= 0.3 is 0 Å². The fraction of sp³-hybridized carbons (Fsp3) is 0.238. The molecule has 0 saturated heterocycles. The molecule has 0 N–H and O–H groups in total. The van der Waals surface area contributed by atoms with E-state index >= 15 is 0 Å². The zero-order valence-corrected chi connectivity index (χ0v) is 13.3. The van der Waals surface area contributed by atoms with E-state index in [0.29, 0.717) is 0 Å². The van der Waals surface area contributed by atoms with E-state index in [4.69, 9.17) is 4.74 Å². The van der Waals surface area contributed by atoms with Crippen LogP contribution in [-0.2, 0) is 5.41 Å². The van der Waals surface area contributed by atoms with Gasteiger partial charge in [-0.3, -0.25) is 0 Å². The lowest BCUT2D eigenvalue weighted by atomic mass is 9.74. The maximum absolute atomic E-state index is 6.30. The molecule has 0 saturated carbocycles. The molecule has 0 spiro atoms. The normalized spacial score (nSPS) is 22.3. The van der Waals surface area contributed by atoms with Crippen LogP contribution in [0.15, 0.2) is 60.4 Å².